The highest BCUT2D eigenvalue weighted by atomic mass is 16.5. The number of guanidine groups is 1. The number of aromatic hydroxyl groups is 1. The molecule has 0 aliphatic carbocycles. The number of aromatic nitrogens is 2. The van der Waals surface area contributed by atoms with E-state index in [2.05, 4.69) is 70.8 Å². The highest BCUT2D eigenvalue weighted by molar-refractivity contribution is 5.89. The maximum Gasteiger partial charge on any atom is 0.249 e. The number of phenolic OH excluding ortho intramolecular Hbond substituents is 1. The molecule has 0 aliphatic heterocycles. The van der Waals surface area contributed by atoms with Crippen LogP contribution in [0.5, 0.6) is 5.75 Å². The predicted molar refractivity (Wildman–Crippen MR) is 192 cm³/mol. The van der Waals surface area contributed by atoms with Gasteiger partial charge in [-0.1, -0.05) is 50.2 Å². The number of nitrogens with one attached hydrogen (secondary N) is 2. The van der Waals surface area contributed by atoms with Gasteiger partial charge in [0.25, 0.3) is 0 Å². The molecular weight excluding hydrogens is 622 g/mol. The third-order valence-corrected chi connectivity index (χ3v) is 8.53. The van der Waals surface area contributed by atoms with Crippen molar-refractivity contribution in [1.29, 1.82) is 0 Å². The number of aryl methyl sites for hydroxylation is 2. The van der Waals surface area contributed by atoms with Crippen molar-refractivity contribution in [2.45, 2.75) is 110 Å². The van der Waals surface area contributed by atoms with Crippen LogP contribution in [-0.2, 0) is 27.8 Å². The second kappa shape index (κ2) is 18.3. The molecule has 13 heteroatoms. The Morgan fingerprint density at radius 2 is 1.63 bits per heavy atom. The van der Waals surface area contributed by atoms with Gasteiger partial charge in [0.05, 0.1) is 6.04 Å². The van der Waals surface area contributed by atoms with Crippen molar-refractivity contribution in [3.8, 4) is 5.75 Å². The summed E-state index contributed by atoms with van der Waals surface area (Å²) in [4.78, 5) is 35.7. The fourth-order valence-corrected chi connectivity index (χ4v) is 5.66. The van der Waals surface area contributed by atoms with E-state index >= 15 is 0 Å². The smallest absolute Gasteiger partial charge is 0.249 e. The van der Waals surface area contributed by atoms with E-state index in [1.807, 2.05) is 13.8 Å². The number of nitrogens with zero attached hydrogens (tertiary/aromatic N) is 3. The van der Waals surface area contributed by atoms with E-state index in [1.54, 1.807) is 12.1 Å². The predicted octanol–water partition coefficient (Wildman–Crippen LogP) is 3.07. The van der Waals surface area contributed by atoms with E-state index < -0.39 is 29.9 Å². The number of phenols is 1. The summed E-state index contributed by atoms with van der Waals surface area (Å²) in [5.41, 5.74) is 27.8. The average Bonchev–Trinajstić information content (AvgIpc) is 3.49. The number of amides is 2. The number of carbonyl (C=O) groups is 2. The molecule has 0 saturated heterocycles. The number of hydrogen-bond acceptors (Lipinski definition) is 9. The van der Waals surface area contributed by atoms with E-state index in [1.165, 1.54) is 5.56 Å². The molecule has 0 radical (unpaired) electrons. The maximum atomic E-state index is 13.9. The van der Waals surface area contributed by atoms with Crippen LogP contribution >= 0.6 is 0 Å². The second-order valence-electron chi connectivity index (χ2n) is 13.7. The van der Waals surface area contributed by atoms with Crippen LogP contribution in [0.25, 0.3) is 0 Å². The van der Waals surface area contributed by atoms with Crippen LogP contribution in [0.2, 0.25) is 0 Å². The molecule has 1 aromatic heterocycles. The third-order valence-electron chi connectivity index (χ3n) is 8.53. The highest BCUT2D eigenvalue weighted by Gasteiger charge is 2.28. The van der Waals surface area contributed by atoms with Crippen LogP contribution in [-0.4, -0.2) is 58.2 Å². The van der Waals surface area contributed by atoms with Gasteiger partial charge in [0, 0.05) is 13.0 Å². The molecule has 3 rings (SSSR count). The van der Waals surface area contributed by atoms with E-state index in [9.17, 15) is 14.7 Å². The summed E-state index contributed by atoms with van der Waals surface area (Å²) < 4.78 is 5.68. The molecule has 3 aromatic rings. The number of benzene rings is 2. The zero-order valence-corrected chi connectivity index (χ0v) is 29.6. The van der Waals surface area contributed by atoms with Gasteiger partial charge in [0.1, 0.15) is 17.8 Å². The van der Waals surface area contributed by atoms with E-state index in [-0.39, 0.29) is 17.1 Å². The summed E-state index contributed by atoms with van der Waals surface area (Å²) in [6, 6.07) is 9.34. The minimum absolute atomic E-state index is 0.0290. The van der Waals surface area contributed by atoms with Crippen molar-refractivity contribution in [3.63, 3.8) is 0 Å². The zero-order valence-electron chi connectivity index (χ0n) is 29.6. The zero-order chi connectivity index (χ0) is 36.1. The van der Waals surface area contributed by atoms with Crippen molar-refractivity contribution in [2.24, 2.45) is 27.9 Å². The van der Waals surface area contributed by atoms with E-state index in [0.29, 0.717) is 63.3 Å². The molecule has 0 bridgehead atoms. The quantitative estimate of drug-likeness (QED) is 0.0590. The van der Waals surface area contributed by atoms with Gasteiger partial charge in [-0.05, 0) is 111 Å². The Morgan fingerprint density at radius 1 is 0.959 bits per heavy atom. The minimum Gasteiger partial charge on any atom is -0.508 e. The molecule has 49 heavy (non-hydrogen) atoms. The molecule has 2 aromatic carbocycles. The van der Waals surface area contributed by atoms with Gasteiger partial charge in [-0.2, -0.15) is 4.98 Å². The molecule has 3 atom stereocenters. The van der Waals surface area contributed by atoms with Crippen LogP contribution < -0.4 is 33.6 Å². The summed E-state index contributed by atoms with van der Waals surface area (Å²) in [6.07, 6.45) is 4.07. The number of aliphatic imine (C=N–C) groups is 1. The lowest BCUT2D eigenvalue weighted by molar-refractivity contribution is -0.130. The molecule has 268 valence electrons. The lowest BCUT2D eigenvalue weighted by Gasteiger charge is -2.24. The summed E-state index contributed by atoms with van der Waals surface area (Å²) in [6.45, 7) is 11.2. The molecule has 0 aliphatic rings. The molecule has 11 N–H and O–H groups in total. The van der Waals surface area contributed by atoms with Gasteiger partial charge >= 0.3 is 0 Å². The first-order valence-corrected chi connectivity index (χ1v) is 17.0. The second-order valence-corrected chi connectivity index (χ2v) is 13.7. The monoisotopic (exact) mass is 677 g/mol. The largest absolute Gasteiger partial charge is 0.508 e. The topological polar surface area (TPSA) is 234 Å². The number of hydrogen-bond donors (Lipinski definition) is 7. The molecule has 0 fully saturated rings. The van der Waals surface area contributed by atoms with E-state index in [0.717, 1.165) is 35.1 Å². The molecule has 0 saturated carbocycles. The Kier molecular flexibility index (Phi) is 14.6. The first-order chi connectivity index (χ1) is 23.2. The van der Waals surface area contributed by atoms with Crippen LogP contribution in [0.4, 0.5) is 0 Å². The van der Waals surface area contributed by atoms with Gasteiger partial charge in [-0.15, -0.1) is 0 Å². The van der Waals surface area contributed by atoms with Crippen LogP contribution in [0.1, 0.15) is 105 Å². The minimum atomic E-state index is -0.912. The van der Waals surface area contributed by atoms with Crippen molar-refractivity contribution in [3.05, 3.63) is 75.9 Å². The molecule has 1 heterocycles. The fraction of sp³-hybridized carbons (Fsp3) is 0.528. The van der Waals surface area contributed by atoms with Crippen molar-refractivity contribution >= 4 is 17.8 Å². The Balaban J connectivity index is 1.79. The number of carbonyl (C=O) groups excluding carboxylic acids is 2. The Hall–Kier alpha value is -4.49. The average molecular weight is 678 g/mol. The maximum absolute atomic E-state index is 13.9. The molecular formula is C36H55N9O4. The van der Waals surface area contributed by atoms with Crippen LogP contribution in [0.3, 0.4) is 0 Å². The van der Waals surface area contributed by atoms with Gasteiger partial charge in [-0.3, -0.25) is 14.6 Å². The number of nitrogens with two attached hydrogens (primary N) is 4. The van der Waals surface area contributed by atoms with Crippen molar-refractivity contribution in [1.82, 2.24) is 20.8 Å². The summed E-state index contributed by atoms with van der Waals surface area (Å²) in [5.74, 6) is 0.0874. The van der Waals surface area contributed by atoms with Gasteiger partial charge in [0.2, 0.25) is 17.7 Å². The van der Waals surface area contributed by atoms with E-state index in [4.69, 9.17) is 27.5 Å². The molecule has 0 unspecified atom stereocenters. The SMILES string of the molecule is Cc1cc(O)cc(C)c1CC[C@H](NC(=O)[C@H](N)CCCN=C(N)N)C(=O)N[C@@H](CCCCN)c1nc(Cc2ccc(C(C)(C)C)cc2)no1. The van der Waals surface area contributed by atoms with Crippen molar-refractivity contribution in [2.75, 3.05) is 13.1 Å². The Bertz CT molecular complexity index is 1520. The number of unbranched alkanes of at least 4 members (excludes halogenated alkanes) is 1. The van der Waals surface area contributed by atoms with Gasteiger partial charge in [0.15, 0.2) is 11.8 Å². The highest BCUT2D eigenvalue weighted by Crippen LogP contribution is 2.25. The number of rotatable bonds is 18. The first-order valence-electron chi connectivity index (χ1n) is 17.0. The van der Waals surface area contributed by atoms with Gasteiger partial charge < -0.3 is 43.2 Å². The van der Waals surface area contributed by atoms with Crippen LogP contribution in [0.15, 0.2) is 45.9 Å². The lowest BCUT2D eigenvalue weighted by atomic mass is 9.86. The lowest BCUT2D eigenvalue weighted by Crippen LogP contribution is -2.52. The van der Waals surface area contributed by atoms with Crippen LogP contribution in [0, 0.1) is 13.8 Å². The summed E-state index contributed by atoms with van der Waals surface area (Å²) in [7, 11) is 0. The fourth-order valence-electron chi connectivity index (χ4n) is 5.66. The normalized spacial score (nSPS) is 13.4. The van der Waals surface area contributed by atoms with Crippen molar-refractivity contribution < 1.29 is 19.2 Å². The Morgan fingerprint density at radius 3 is 2.24 bits per heavy atom. The third kappa shape index (κ3) is 12.5. The molecule has 13 nitrogen and oxygen atoms in total. The Labute approximate surface area is 289 Å². The molecule has 0 spiro atoms. The summed E-state index contributed by atoms with van der Waals surface area (Å²) in [5, 5.41) is 20.2. The molecule has 2 amide bonds. The standard InChI is InChI=1S/C36H55N9O4/c1-22-19-26(46)20-23(2)27(22)15-16-29(42-32(47)28(38)9-8-18-41-35(39)40)33(48)43-30(10-6-7-17-37)34-44-31(45-49-34)21-24-11-13-25(14-12-24)36(3,4)5/h11-14,19-20,28-30,46H,6-10,15-18,21,37-38H2,1-5H3,(H,42,47)(H,43,48)(H4,39,40,41)/t28-,29+,30+/m1/s1. The first kappa shape index (κ1) is 39.0. The van der Waals surface area contributed by atoms with Gasteiger partial charge in [-0.25, -0.2) is 0 Å². The summed E-state index contributed by atoms with van der Waals surface area (Å²) >= 11 is 0.